The molecule has 0 unspecified atom stereocenters. The molecule has 3 heterocycles. The Morgan fingerprint density at radius 1 is 0.512 bits per heavy atom. The molecule has 3 aromatic heterocycles. The van der Waals surface area contributed by atoms with Crippen molar-refractivity contribution < 1.29 is 4.42 Å². The topological polar surface area (TPSA) is 29.3 Å². The van der Waals surface area contributed by atoms with E-state index >= 15 is 0 Å². The van der Waals surface area contributed by atoms with Gasteiger partial charge in [0.15, 0.2) is 0 Å². The van der Waals surface area contributed by atoms with E-state index in [4.69, 9.17) is 9.40 Å². The number of aromatic nitrogens is 1. The number of para-hydroxylation sites is 1. The number of pyridine rings is 1. The molecule has 0 fully saturated rings. The van der Waals surface area contributed by atoms with E-state index < -0.39 is 0 Å². The first kappa shape index (κ1) is 24.2. The van der Waals surface area contributed by atoms with Gasteiger partial charge in [-0.2, -0.15) is 0 Å². The Hall–Kier alpha value is -5.45. The van der Waals surface area contributed by atoms with E-state index in [1.54, 1.807) is 0 Å². The molecule has 0 aliphatic heterocycles. The number of thiophene rings is 1. The minimum Gasteiger partial charge on any atom is -0.456 e. The van der Waals surface area contributed by atoms with Gasteiger partial charge >= 0.3 is 0 Å². The second kappa shape index (κ2) is 9.55. The summed E-state index contributed by atoms with van der Waals surface area (Å²) >= 11 is 1.81. The highest BCUT2D eigenvalue weighted by atomic mass is 32.1. The first-order valence-electron chi connectivity index (χ1n) is 14.4. The summed E-state index contributed by atoms with van der Waals surface area (Å²) < 4.78 is 8.65. The van der Waals surface area contributed by atoms with E-state index in [-0.39, 0.29) is 0 Å². The van der Waals surface area contributed by atoms with Gasteiger partial charge in [-0.15, -0.1) is 11.3 Å². The second-order valence-electron chi connectivity index (χ2n) is 10.8. The molecule has 4 heteroatoms. The summed E-state index contributed by atoms with van der Waals surface area (Å²) in [6, 6.07) is 49.2. The lowest BCUT2D eigenvalue weighted by atomic mass is 10.0. The summed E-state index contributed by atoms with van der Waals surface area (Å²) in [7, 11) is 0. The Balaban J connectivity index is 1.25. The number of anilines is 3. The third-order valence-corrected chi connectivity index (χ3v) is 9.50. The lowest BCUT2D eigenvalue weighted by molar-refractivity contribution is 0.669. The molecule has 43 heavy (non-hydrogen) atoms. The lowest BCUT2D eigenvalue weighted by Crippen LogP contribution is -2.11. The number of benzene rings is 6. The van der Waals surface area contributed by atoms with Gasteiger partial charge in [-0.3, -0.25) is 4.90 Å². The first-order valence-corrected chi connectivity index (χ1v) is 15.2. The van der Waals surface area contributed by atoms with Gasteiger partial charge in [0, 0.05) is 43.8 Å². The Morgan fingerprint density at radius 3 is 2.12 bits per heavy atom. The van der Waals surface area contributed by atoms with Crippen LogP contribution in [0.5, 0.6) is 0 Å². The molecule has 0 saturated carbocycles. The molecule has 0 saturated heterocycles. The van der Waals surface area contributed by atoms with Crippen LogP contribution in [0.2, 0.25) is 0 Å². The summed E-state index contributed by atoms with van der Waals surface area (Å²) in [5.74, 6) is 0.875. The number of fused-ring (bicyclic) bond motifs is 8. The number of nitrogens with zero attached hydrogens (tertiary/aromatic N) is 2. The normalized spacial score (nSPS) is 11.7. The van der Waals surface area contributed by atoms with Gasteiger partial charge in [-0.05, 0) is 64.4 Å². The van der Waals surface area contributed by atoms with Crippen molar-refractivity contribution in [3.63, 3.8) is 0 Å². The fraction of sp³-hybridized carbons (Fsp3) is 0. The van der Waals surface area contributed by atoms with Crippen LogP contribution in [-0.2, 0) is 0 Å². The van der Waals surface area contributed by atoms with Gasteiger partial charge in [-0.1, -0.05) is 97.1 Å². The molecule has 3 nitrogen and oxygen atoms in total. The van der Waals surface area contributed by atoms with E-state index in [0.29, 0.717) is 0 Å². The van der Waals surface area contributed by atoms with Crippen molar-refractivity contribution in [2.24, 2.45) is 0 Å². The van der Waals surface area contributed by atoms with Gasteiger partial charge < -0.3 is 4.42 Å². The predicted molar refractivity (Wildman–Crippen MR) is 182 cm³/mol. The number of hydrogen-bond donors (Lipinski definition) is 0. The molecular weight excluding hydrogens is 545 g/mol. The molecule has 9 rings (SSSR count). The number of hydrogen-bond acceptors (Lipinski definition) is 4. The maximum atomic E-state index is 6.16. The van der Waals surface area contributed by atoms with Crippen molar-refractivity contribution in [2.45, 2.75) is 0 Å². The van der Waals surface area contributed by atoms with Crippen LogP contribution in [0.1, 0.15) is 0 Å². The molecule has 0 amide bonds. The molecule has 202 valence electrons. The monoisotopic (exact) mass is 568 g/mol. The standard InChI is InChI=1S/C39H24N2OS/c1-2-8-25(9-3-1)26-14-17-28(18-15-26)41(29-19-21-36-33(22-29)31-12-6-7-13-35(31)42-36)38-23-34-32-20-16-27-10-4-5-11-30(27)39(32)43-37(34)24-40-38/h1-24H. The zero-order chi connectivity index (χ0) is 28.3. The van der Waals surface area contributed by atoms with Gasteiger partial charge in [0.2, 0.25) is 0 Å². The summed E-state index contributed by atoms with van der Waals surface area (Å²) in [5, 5.41) is 7.23. The molecule has 0 aliphatic rings. The summed E-state index contributed by atoms with van der Waals surface area (Å²) in [6.07, 6.45) is 2.03. The van der Waals surface area contributed by atoms with Crippen LogP contribution in [-0.4, -0.2) is 4.98 Å². The van der Waals surface area contributed by atoms with Gasteiger partial charge in [0.1, 0.15) is 17.0 Å². The average Bonchev–Trinajstić information content (AvgIpc) is 3.64. The van der Waals surface area contributed by atoms with Crippen molar-refractivity contribution in [3.05, 3.63) is 146 Å². The third kappa shape index (κ3) is 3.92. The minimum atomic E-state index is 0.875. The van der Waals surface area contributed by atoms with Crippen molar-refractivity contribution in [3.8, 4) is 11.1 Å². The second-order valence-corrected chi connectivity index (χ2v) is 11.9. The lowest BCUT2D eigenvalue weighted by Gasteiger charge is -2.24. The van der Waals surface area contributed by atoms with Crippen LogP contribution in [0, 0.1) is 0 Å². The van der Waals surface area contributed by atoms with Gasteiger partial charge in [0.05, 0.1) is 4.70 Å². The Bertz CT molecular complexity index is 2460. The highest BCUT2D eigenvalue weighted by molar-refractivity contribution is 7.26. The van der Waals surface area contributed by atoms with Crippen molar-refractivity contribution >= 4 is 81.4 Å². The SMILES string of the molecule is c1ccc(-c2ccc(N(c3ccc4oc5ccccc5c4c3)c3cc4c(cn3)sc3c5ccccc5ccc43)cc2)cc1. The molecule has 0 radical (unpaired) electrons. The van der Waals surface area contributed by atoms with E-state index in [2.05, 4.69) is 126 Å². The molecule has 0 N–H and O–H groups in total. The predicted octanol–water partition coefficient (Wildman–Crippen LogP) is 11.6. The fourth-order valence-electron chi connectivity index (χ4n) is 6.22. The molecule has 0 aliphatic carbocycles. The molecular formula is C39H24N2OS. The zero-order valence-corrected chi connectivity index (χ0v) is 23.9. The van der Waals surface area contributed by atoms with Crippen LogP contribution in [0.4, 0.5) is 17.2 Å². The molecule has 0 bridgehead atoms. The first-order chi connectivity index (χ1) is 21.3. The molecule has 0 atom stereocenters. The Labute approximate surface area is 251 Å². The maximum Gasteiger partial charge on any atom is 0.138 e. The van der Waals surface area contributed by atoms with Crippen LogP contribution < -0.4 is 4.90 Å². The smallest absolute Gasteiger partial charge is 0.138 e. The summed E-state index contributed by atoms with van der Waals surface area (Å²) in [6.45, 7) is 0. The van der Waals surface area contributed by atoms with Gasteiger partial charge in [0.25, 0.3) is 0 Å². The highest BCUT2D eigenvalue weighted by Crippen LogP contribution is 2.43. The largest absolute Gasteiger partial charge is 0.456 e. The number of furan rings is 1. The van der Waals surface area contributed by atoms with Crippen LogP contribution >= 0.6 is 11.3 Å². The van der Waals surface area contributed by atoms with Gasteiger partial charge in [-0.25, -0.2) is 4.98 Å². The zero-order valence-electron chi connectivity index (χ0n) is 23.1. The molecule has 6 aromatic carbocycles. The maximum absolute atomic E-state index is 6.16. The van der Waals surface area contributed by atoms with Crippen LogP contribution in [0.3, 0.4) is 0 Å². The summed E-state index contributed by atoms with van der Waals surface area (Å²) in [4.78, 5) is 7.31. The Morgan fingerprint density at radius 2 is 1.23 bits per heavy atom. The van der Waals surface area contributed by atoms with Crippen molar-refractivity contribution in [1.82, 2.24) is 4.98 Å². The third-order valence-electron chi connectivity index (χ3n) is 8.31. The number of rotatable bonds is 4. The van der Waals surface area contributed by atoms with Crippen LogP contribution in [0.15, 0.2) is 150 Å². The van der Waals surface area contributed by atoms with E-state index in [0.717, 1.165) is 39.1 Å². The quantitative estimate of drug-likeness (QED) is 0.211. The van der Waals surface area contributed by atoms with Crippen molar-refractivity contribution in [2.75, 3.05) is 4.90 Å². The molecule has 9 aromatic rings. The molecule has 0 spiro atoms. The van der Waals surface area contributed by atoms with Crippen molar-refractivity contribution in [1.29, 1.82) is 0 Å². The van der Waals surface area contributed by atoms with Crippen LogP contribution in [0.25, 0.3) is 64.0 Å². The highest BCUT2D eigenvalue weighted by Gasteiger charge is 2.18. The van der Waals surface area contributed by atoms with E-state index in [1.807, 2.05) is 35.7 Å². The van der Waals surface area contributed by atoms with E-state index in [1.165, 1.54) is 42.1 Å². The minimum absolute atomic E-state index is 0.875. The summed E-state index contributed by atoms with van der Waals surface area (Å²) in [5.41, 5.74) is 6.23. The average molecular weight is 569 g/mol. The van der Waals surface area contributed by atoms with E-state index in [9.17, 15) is 0 Å². The fourth-order valence-corrected chi connectivity index (χ4v) is 7.41. The Kier molecular flexibility index (Phi) is 5.37.